The second-order valence-corrected chi connectivity index (χ2v) is 5.62. The molecule has 0 unspecified atom stereocenters. The number of rotatable bonds is 3. The Labute approximate surface area is 111 Å². The molecule has 102 valence electrons. The van der Waals surface area contributed by atoms with Gasteiger partial charge in [0.1, 0.15) is 5.75 Å². The fourth-order valence-electron chi connectivity index (χ4n) is 2.55. The number of carboxylic acid groups (broad SMARTS) is 1. The zero-order chi connectivity index (χ0) is 14.4. The van der Waals surface area contributed by atoms with Gasteiger partial charge in [0.2, 0.25) is 5.91 Å². The van der Waals surface area contributed by atoms with Crippen molar-refractivity contribution in [3.8, 4) is 5.75 Å². The molecule has 5 nitrogen and oxygen atoms in total. The van der Waals surface area contributed by atoms with E-state index in [2.05, 4.69) is 5.32 Å². The summed E-state index contributed by atoms with van der Waals surface area (Å²) in [6, 6.07) is 4.91. The van der Waals surface area contributed by atoms with Gasteiger partial charge in [-0.1, -0.05) is 19.9 Å². The second-order valence-electron chi connectivity index (χ2n) is 5.62. The van der Waals surface area contributed by atoms with Gasteiger partial charge in [0.25, 0.3) is 0 Å². The molecule has 0 spiro atoms. The summed E-state index contributed by atoms with van der Waals surface area (Å²) in [4.78, 5) is 23.1. The molecule has 5 heteroatoms. The summed E-state index contributed by atoms with van der Waals surface area (Å²) in [5, 5.41) is 21.3. The molecule has 1 saturated carbocycles. The van der Waals surface area contributed by atoms with Gasteiger partial charge in [0.15, 0.2) is 0 Å². The summed E-state index contributed by atoms with van der Waals surface area (Å²) in [5.74, 6) is -2.57. The quantitative estimate of drug-likeness (QED) is 0.728. The average Bonchev–Trinajstić information content (AvgIpc) is 2.86. The largest absolute Gasteiger partial charge is 0.506 e. The van der Waals surface area contributed by atoms with Crippen molar-refractivity contribution in [2.45, 2.75) is 20.8 Å². The second kappa shape index (κ2) is 4.26. The lowest BCUT2D eigenvalue weighted by Crippen LogP contribution is -2.17. The number of carbonyl (C=O) groups is 2. The highest BCUT2D eigenvalue weighted by Crippen LogP contribution is 2.58. The van der Waals surface area contributed by atoms with Crippen LogP contribution in [0, 0.1) is 24.2 Å². The minimum atomic E-state index is -0.960. The molecule has 1 aliphatic carbocycles. The Hall–Kier alpha value is -2.04. The zero-order valence-electron chi connectivity index (χ0n) is 11.1. The van der Waals surface area contributed by atoms with E-state index in [0.717, 1.165) is 5.56 Å². The summed E-state index contributed by atoms with van der Waals surface area (Å²) in [5.41, 5.74) is 0.643. The van der Waals surface area contributed by atoms with E-state index in [1.165, 1.54) is 0 Å². The van der Waals surface area contributed by atoms with Crippen molar-refractivity contribution in [1.82, 2.24) is 0 Å². The lowest BCUT2D eigenvalue weighted by atomic mass is 10.1. The molecule has 1 aromatic rings. The van der Waals surface area contributed by atoms with Crippen LogP contribution in [-0.4, -0.2) is 22.1 Å². The van der Waals surface area contributed by atoms with E-state index >= 15 is 0 Å². The van der Waals surface area contributed by atoms with Crippen LogP contribution in [0.5, 0.6) is 5.75 Å². The van der Waals surface area contributed by atoms with Crippen molar-refractivity contribution >= 4 is 17.6 Å². The molecule has 1 aliphatic rings. The van der Waals surface area contributed by atoms with E-state index in [-0.39, 0.29) is 11.7 Å². The normalized spacial score (nSPS) is 23.7. The number of aromatic hydroxyl groups is 1. The van der Waals surface area contributed by atoms with Crippen LogP contribution in [0.3, 0.4) is 0 Å². The molecular formula is C14H17NO4. The first-order valence-electron chi connectivity index (χ1n) is 6.08. The first kappa shape index (κ1) is 13.4. The topological polar surface area (TPSA) is 86.6 Å². The molecule has 1 amide bonds. The number of aryl methyl sites for hydroxylation is 1. The number of hydrogen-bond donors (Lipinski definition) is 3. The van der Waals surface area contributed by atoms with Crippen LogP contribution < -0.4 is 5.32 Å². The number of anilines is 1. The van der Waals surface area contributed by atoms with Gasteiger partial charge in [-0.2, -0.15) is 0 Å². The minimum absolute atomic E-state index is 0.0151. The van der Waals surface area contributed by atoms with Crippen molar-refractivity contribution in [2.75, 3.05) is 5.32 Å². The molecule has 0 heterocycles. The van der Waals surface area contributed by atoms with Gasteiger partial charge in [0, 0.05) is 0 Å². The van der Waals surface area contributed by atoms with Gasteiger partial charge >= 0.3 is 5.97 Å². The number of aliphatic carboxylic acids is 1. The van der Waals surface area contributed by atoms with Crippen LogP contribution in [0.2, 0.25) is 0 Å². The van der Waals surface area contributed by atoms with Gasteiger partial charge in [-0.15, -0.1) is 0 Å². The van der Waals surface area contributed by atoms with Crippen molar-refractivity contribution in [3.05, 3.63) is 23.8 Å². The molecule has 0 radical (unpaired) electrons. The summed E-state index contributed by atoms with van der Waals surface area (Å²) >= 11 is 0. The number of carboxylic acids is 1. The maximum absolute atomic E-state index is 12.1. The van der Waals surface area contributed by atoms with Gasteiger partial charge in [-0.25, -0.2) is 0 Å². The van der Waals surface area contributed by atoms with Gasteiger partial charge in [-0.05, 0) is 30.0 Å². The molecule has 19 heavy (non-hydrogen) atoms. The predicted octanol–water partition coefficient (Wildman–Crippen LogP) is 2.00. The van der Waals surface area contributed by atoms with Crippen LogP contribution in [-0.2, 0) is 9.59 Å². The SMILES string of the molecule is Cc1ccc(NC(=O)[C@@H]2[C@H](C(=O)O)C2(C)C)c(O)c1. The van der Waals surface area contributed by atoms with Crippen LogP contribution >= 0.6 is 0 Å². The van der Waals surface area contributed by atoms with Crippen molar-refractivity contribution in [3.63, 3.8) is 0 Å². The van der Waals surface area contributed by atoms with E-state index < -0.39 is 23.2 Å². The van der Waals surface area contributed by atoms with E-state index in [4.69, 9.17) is 5.11 Å². The van der Waals surface area contributed by atoms with E-state index in [1.807, 2.05) is 6.92 Å². The van der Waals surface area contributed by atoms with E-state index in [0.29, 0.717) is 5.69 Å². The minimum Gasteiger partial charge on any atom is -0.506 e. The van der Waals surface area contributed by atoms with Crippen molar-refractivity contribution < 1.29 is 19.8 Å². The van der Waals surface area contributed by atoms with E-state index in [1.54, 1.807) is 32.0 Å². The number of carbonyl (C=O) groups excluding carboxylic acids is 1. The standard InChI is InChI=1S/C14H17NO4/c1-7-4-5-8(9(16)6-7)15-12(17)10-11(13(18)19)14(10,2)3/h4-6,10-11,16H,1-3H3,(H,15,17)(H,18,19)/t10-,11+/m0/s1. The Morgan fingerprint density at radius 2 is 1.89 bits per heavy atom. The Balaban J connectivity index is 2.13. The average molecular weight is 263 g/mol. The number of hydrogen-bond acceptors (Lipinski definition) is 3. The fourth-order valence-corrected chi connectivity index (χ4v) is 2.55. The molecule has 3 N–H and O–H groups in total. The van der Waals surface area contributed by atoms with Crippen LogP contribution in [0.15, 0.2) is 18.2 Å². The summed E-state index contributed by atoms with van der Waals surface area (Å²) in [6.07, 6.45) is 0. The maximum atomic E-state index is 12.1. The van der Waals surface area contributed by atoms with Crippen LogP contribution in [0.1, 0.15) is 19.4 Å². The molecule has 1 aromatic carbocycles. The summed E-state index contributed by atoms with van der Waals surface area (Å²) in [7, 11) is 0. The lowest BCUT2D eigenvalue weighted by molar-refractivity contribution is -0.140. The van der Waals surface area contributed by atoms with Gasteiger partial charge in [-0.3, -0.25) is 9.59 Å². The van der Waals surface area contributed by atoms with Gasteiger partial charge < -0.3 is 15.5 Å². The van der Waals surface area contributed by atoms with Gasteiger partial charge in [0.05, 0.1) is 17.5 Å². The first-order chi connectivity index (χ1) is 8.75. The van der Waals surface area contributed by atoms with Crippen LogP contribution in [0.4, 0.5) is 5.69 Å². The number of phenols is 1. The molecule has 1 fully saturated rings. The third-order valence-corrected chi connectivity index (χ3v) is 3.79. The third kappa shape index (κ3) is 2.28. The Kier molecular flexibility index (Phi) is 3.00. The number of nitrogens with one attached hydrogen (secondary N) is 1. The molecule has 0 bridgehead atoms. The summed E-state index contributed by atoms with van der Waals surface area (Å²) < 4.78 is 0. The lowest BCUT2D eigenvalue weighted by Gasteiger charge is -2.08. The third-order valence-electron chi connectivity index (χ3n) is 3.79. The Morgan fingerprint density at radius 3 is 2.37 bits per heavy atom. The first-order valence-corrected chi connectivity index (χ1v) is 6.08. The Bertz CT molecular complexity index is 550. The highest BCUT2D eigenvalue weighted by Gasteiger charge is 2.65. The number of benzene rings is 1. The van der Waals surface area contributed by atoms with E-state index in [9.17, 15) is 14.7 Å². The molecule has 2 rings (SSSR count). The number of phenolic OH excluding ortho intramolecular Hbond substituents is 1. The van der Waals surface area contributed by atoms with Crippen molar-refractivity contribution in [2.24, 2.45) is 17.3 Å². The molecule has 0 saturated heterocycles. The molecule has 0 aromatic heterocycles. The Morgan fingerprint density at radius 1 is 1.26 bits per heavy atom. The zero-order valence-corrected chi connectivity index (χ0v) is 11.1. The summed E-state index contributed by atoms with van der Waals surface area (Å²) in [6.45, 7) is 5.34. The highest BCUT2D eigenvalue weighted by molar-refractivity contribution is 6.00. The molecule has 0 aliphatic heterocycles. The molecule has 2 atom stereocenters. The predicted molar refractivity (Wildman–Crippen MR) is 69.9 cm³/mol. The molecular weight excluding hydrogens is 246 g/mol. The van der Waals surface area contributed by atoms with Crippen LogP contribution in [0.25, 0.3) is 0 Å². The highest BCUT2D eigenvalue weighted by atomic mass is 16.4. The van der Waals surface area contributed by atoms with Crippen molar-refractivity contribution in [1.29, 1.82) is 0 Å². The monoisotopic (exact) mass is 263 g/mol. The maximum Gasteiger partial charge on any atom is 0.307 e. The fraction of sp³-hybridized carbons (Fsp3) is 0.429. The number of amides is 1. The smallest absolute Gasteiger partial charge is 0.307 e.